The molecule has 1 aliphatic rings. The minimum absolute atomic E-state index is 0.0226. The summed E-state index contributed by atoms with van der Waals surface area (Å²) < 4.78 is 23.3. The summed E-state index contributed by atoms with van der Waals surface area (Å²) in [4.78, 5) is 12.7. The van der Waals surface area contributed by atoms with Gasteiger partial charge in [-0.25, -0.2) is 8.42 Å². The quantitative estimate of drug-likeness (QED) is 0.917. The molecule has 1 atom stereocenters. The van der Waals surface area contributed by atoms with Crippen LogP contribution in [-0.2, 0) is 9.84 Å². The van der Waals surface area contributed by atoms with Crippen molar-refractivity contribution in [2.75, 3.05) is 6.26 Å². The van der Waals surface area contributed by atoms with Gasteiger partial charge >= 0.3 is 0 Å². The van der Waals surface area contributed by atoms with Crippen LogP contribution in [0.1, 0.15) is 34.8 Å². The van der Waals surface area contributed by atoms with Gasteiger partial charge < -0.3 is 5.32 Å². The van der Waals surface area contributed by atoms with Crippen LogP contribution in [0.5, 0.6) is 0 Å². The number of rotatable bonds is 5. The van der Waals surface area contributed by atoms with Gasteiger partial charge in [0.15, 0.2) is 9.84 Å². The van der Waals surface area contributed by atoms with Gasteiger partial charge in [-0.3, -0.25) is 4.79 Å². The minimum atomic E-state index is -3.32. The molecule has 0 saturated heterocycles. The van der Waals surface area contributed by atoms with E-state index in [1.165, 1.54) is 12.1 Å². The average molecular weight is 329 g/mol. The number of hydrogen-bond acceptors (Lipinski definition) is 3. The Labute approximate surface area is 136 Å². The molecule has 3 rings (SSSR count). The van der Waals surface area contributed by atoms with Gasteiger partial charge in [0.25, 0.3) is 5.91 Å². The summed E-state index contributed by atoms with van der Waals surface area (Å²) in [5, 5.41) is 3.06. The van der Waals surface area contributed by atoms with Crippen LogP contribution in [-0.4, -0.2) is 20.6 Å². The molecular formula is C18H19NO3S. The molecule has 0 heterocycles. The first kappa shape index (κ1) is 15.7. The zero-order chi connectivity index (χ0) is 16.4. The fourth-order valence-corrected chi connectivity index (χ4v) is 3.32. The summed E-state index contributed by atoms with van der Waals surface area (Å²) in [6.07, 6.45) is 3.34. The Morgan fingerprint density at radius 1 is 1.09 bits per heavy atom. The molecule has 1 N–H and O–H groups in total. The number of sulfone groups is 1. The van der Waals surface area contributed by atoms with E-state index in [4.69, 9.17) is 0 Å². The van der Waals surface area contributed by atoms with Gasteiger partial charge in [-0.1, -0.05) is 36.4 Å². The molecule has 0 unspecified atom stereocenters. The summed E-state index contributed by atoms with van der Waals surface area (Å²) in [6, 6.07) is 16.0. The predicted octanol–water partition coefficient (Wildman–Crippen LogP) is 2.97. The van der Waals surface area contributed by atoms with Crippen molar-refractivity contribution in [2.24, 2.45) is 5.92 Å². The van der Waals surface area contributed by atoms with Gasteiger partial charge in [-0.05, 0) is 42.5 Å². The van der Waals surface area contributed by atoms with E-state index in [0.29, 0.717) is 11.5 Å². The highest BCUT2D eigenvalue weighted by molar-refractivity contribution is 7.90. The molecule has 0 aliphatic heterocycles. The Hall–Kier alpha value is -2.14. The zero-order valence-electron chi connectivity index (χ0n) is 12.9. The van der Waals surface area contributed by atoms with E-state index in [2.05, 4.69) is 5.32 Å². The topological polar surface area (TPSA) is 63.2 Å². The Bertz CT molecular complexity index is 811. The maximum absolute atomic E-state index is 12.5. The highest BCUT2D eigenvalue weighted by Crippen LogP contribution is 2.41. The molecule has 23 heavy (non-hydrogen) atoms. The van der Waals surface area contributed by atoms with Gasteiger partial charge in [-0.15, -0.1) is 0 Å². The maximum atomic E-state index is 12.5. The number of hydrogen-bond donors (Lipinski definition) is 1. The molecule has 0 spiro atoms. The van der Waals surface area contributed by atoms with Crippen molar-refractivity contribution < 1.29 is 13.2 Å². The molecule has 0 bridgehead atoms. The van der Waals surface area contributed by atoms with E-state index in [1.807, 2.05) is 30.3 Å². The van der Waals surface area contributed by atoms with Gasteiger partial charge in [-0.2, -0.15) is 0 Å². The summed E-state index contributed by atoms with van der Waals surface area (Å²) >= 11 is 0. The summed E-state index contributed by atoms with van der Waals surface area (Å²) in [5.41, 5.74) is 1.46. The standard InChI is InChI=1S/C18H19NO3S/c1-23(21,22)16-9-5-8-15(12-16)18(20)19-17(14-10-11-14)13-6-3-2-4-7-13/h2-9,12,14,17H,10-11H2,1H3,(H,19,20)/t17-/m1/s1. The molecule has 1 aliphatic carbocycles. The van der Waals surface area contributed by atoms with Crippen molar-refractivity contribution in [3.05, 3.63) is 65.7 Å². The largest absolute Gasteiger partial charge is 0.345 e. The lowest BCUT2D eigenvalue weighted by Gasteiger charge is -2.19. The molecular weight excluding hydrogens is 310 g/mol. The number of benzene rings is 2. The number of carbonyl (C=O) groups is 1. The predicted molar refractivity (Wildman–Crippen MR) is 88.9 cm³/mol. The van der Waals surface area contributed by atoms with E-state index in [1.54, 1.807) is 12.1 Å². The first-order valence-electron chi connectivity index (χ1n) is 7.61. The van der Waals surface area contributed by atoms with Crippen LogP contribution in [0.25, 0.3) is 0 Å². The third kappa shape index (κ3) is 3.79. The lowest BCUT2D eigenvalue weighted by Crippen LogP contribution is -2.30. The van der Waals surface area contributed by atoms with Crippen molar-refractivity contribution in [3.8, 4) is 0 Å². The van der Waals surface area contributed by atoms with Crippen molar-refractivity contribution in [3.63, 3.8) is 0 Å². The normalized spacial score (nSPS) is 15.9. The highest BCUT2D eigenvalue weighted by Gasteiger charge is 2.33. The van der Waals surface area contributed by atoms with Crippen LogP contribution >= 0.6 is 0 Å². The molecule has 120 valence electrons. The summed E-state index contributed by atoms with van der Waals surface area (Å²) in [5.74, 6) is 0.218. The lowest BCUT2D eigenvalue weighted by atomic mass is 10.0. The second kappa shape index (κ2) is 6.16. The summed E-state index contributed by atoms with van der Waals surface area (Å²) in [6.45, 7) is 0. The number of nitrogens with one attached hydrogen (secondary N) is 1. The van der Waals surface area contributed by atoms with E-state index < -0.39 is 9.84 Å². The maximum Gasteiger partial charge on any atom is 0.251 e. The van der Waals surface area contributed by atoms with Crippen LogP contribution in [0.2, 0.25) is 0 Å². The third-order valence-corrected chi connectivity index (χ3v) is 5.17. The summed E-state index contributed by atoms with van der Waals surface area (Å²) in [7, 11) is -3.32. The van der Waals surface area contributed by atoms with Crippen molar-refractivity contribution in [1.29, 1.82) is 0 Å². The Balaban J connectivity index is 1.83. The average Bonchev–Trinajstić information content (AvgIpc) is 3.37. The Kier molecular flexibility index (Phi) is 4.22. The molecule has 2 aromatic carbocycles. The molecule has 2 aromatic rings. The van der Waals surface area contributed by atoms with E-state index in [-0.39, 0.29) is 16.8 Å². The first-order valence-corrected chi connectivity index (χ1v) is 9.50. The monoisotopic (exact) mass is 329 g/mol. The Morgan fingerprint density at radius 2 is 1.78 bits per heavy atom. The molecule has 1 fully saturated rings. The Morgan fingerprint density at radius 3 is 2.39 bits per heavy atom. The van der Waals surface area contributed by atoms with E-state index >= 15 is 0 Å². The SMILES string of the molecule is CS(=O)(=O)c1cccc(C(=O)N[C@H](c2ccccc2)C2CC2)c1. The smallest absolute Gasteiger partial charge is 0.251 e. The van der Waals surface area contributed by atoms with Gasteiger partial charge in [0.1, 0.15) is 0 Å². The number of carbonyl (C=O) groups excluding carboxylic acids is 1. The number of amides is 1. The van der Waals surface area contributed by atoms with Crippen molar-refractivity contribution >= 4 is 15.7 Å². The van der Waals surface area contributed by atoms with Crippen LogP contribution < -0.4 is 5.32 Å². The molecule has 4 nitrogen and oxygen atoms in total. The van der Waals surface area contributed by atoms with Crippen LogP contribution in [0.15, 0.2) is 59.5 Å². The fourth-order valence-electron chi connectivity index (χ4n) is 2.66. The van der Waals surface area contributed by atoms with Gasteiger partial charge in [0.05, 0.1) is 10.9 Å². The molecule has 0 aromatic heterocycles. The van der Waals surface area contributed by atoms with Crippen molar-refractivity contribution in [1.82, 2.24) is 5.32 Å². The van der Waals surface area contributed by atoms with Crippen LogP contribution in [0.3, 0.4) is 0 Å². The third-order valence-electron chi connectivity index (χ3n) is 4.06. The second-order valence-electron chi connectivity index (χ2n) is 6.00. The van der Waals surface area contributed by atoms with Gasteiger partial charge in [0, 0.05) is 11.8 Å². The van der Waals surface area contributed by atoms with Crippen LogP contribution in [0, 0.1) is 5.92 Å². The zero-order valence-corrected chi connectivity index (χ0v) is 13.7. The van der Waals surface area contributed by atoms with E-state index in [9.17, 15) is 13.2 Å². The lowest BCUT2D eigenvalue weighted by molar-refractivity contribution is 0.0931. The molecule has 0 radical (unpaired) electrons. The minimum Gasteiger partial charge on any atom is -0.345 e. The van der Waals surface area contributed by atoms with Gasteiger partial charge in [0.2, 0.25) is 0 Å². The van der Waals surface area contributed by atoms with Crippen LogP contribution in [0.4, 0.5) is 0 Å². The van der Waals surface area contributed by atoms with E-state index in [0.717, 1.165) is 24.7 Å². The fraction of sp³-hybridized carbons (Fsp3) is 0.278. The molecule has 1 amide bonds. The molecule has 1 saturated carbocycles. The highest BCUT2D eigenvalue weighted by atomic mass is 32.2. The van der Waals surface area contributed by atoms with Crippen molar-refractivity contribution in [2.45, 2.75) is 23.8 Å². The first-order chi connectivity index (χ1) is 10.9. The molecule has 5 heteroatoms. The second-order valence-corrected chi connectivity index (χ2v) is 8.01.